The van der Waals surface area contributed by atoms with Gasteiger partial charge in [0.2, 0.25) is 0 Å². The van der Waals surface area contributed by atoms with E-state index in [0.29, 0.717) is 0 Å². The molecule has 0 aliphatic rings. The Morgan fingerprint density at radius 2 is 1.87 bits per heavy atom. The van der Waals surface area contributed by atoms with Crippen molar-refractivity contribution in [2.24, 2.45) is 0 Å². The Bertz CT molecular complexity index is 733. The van der Waals surface area contributed by atoms with Gasteiger partial charge in [0.05, 0.1) is 0 Å². The monoisotopic (exact) mass is 325 g/mol. The van der Waals surface area contributed by atoms with Crippen LogP contribution >= 0.6 is 11.3 Å². The van der Waals surface area contributed by atoms with Crippen LogP contribution in [-0.2, 0) is 0 Å². The highest BCUT2D eigenvalue weighted by molar-refractivity contribution is 7.10. The lowest BCUT2D eigenvalue weighted by atomic mass is 10.1. The first-order chi connectivity index (χ1) is 11.3. The Morgan fingerprint density at radius 1 is 1.04 bits per heavy atom. The lowest BCUT2D eigenvalue weighted by Crippen LogP contribution is -2.22. The van der Waals surface area contributed by atoms with Gasteiger partial charge in [0.25, 0.3) is 0 Å². The van der Waals surface area contributed by atoms with Crippen LogP contribution in [0.5, 0.6) is 5.75 Å². The van der Waals surface area contributed by atoms with Gasteiger partial charge in [-0.1, -0.05) is 49.4 Å². The molecule has 0 spiro atoms. The molecule has 0 bridgehead atoms. The van der Waals surface area contributed by atoms with Crippen molar-refractivity contribution in [2.75, 3.05) is 20.1 Å². The van der Waals surface area contributed by atoms with Crippen LogP contribution in [0.4, 0.5) is 0 Å². The van der Waals surface area contributed by atoms with Crippen molar-refractivity contribution >= 4 is 22.1 Å². The van der Waals surface area contributed by atoms with E-state index in [9.17, 15) is 0 Å². The summed E-state index contributed by atoms with van der Waals surface area (Å²) in [7, 11) is 2.16. The van der Waals surface area contributed by atoms with Gasteiger partial charge in [-0.05, 0) is 36.5 Å². The van der Waals surface area contributed by atoms with Gasteiger partial charge in [0.1, 0.15) is 11.9 Å². The predicted molar refractivity (Wildman–Crippen MR) is 99.4 cm³/mol. The summed E-state index contributed by atoms with van der Waals surface area (Å²) in [6.07, 6.45) is 1.10. The summed E-state index contributed by atoms with van der Waals surface area (Å²) in [6.45, 7) is 4.28. The summed E-state index contributed by atoms with van der Waals surface area (Å²) >= 11 is 1.77. The molecule has 3 heteroatoms. The van der Waals surface area contributed by atoms with Crippen LogP contribution in [-0.4, -0.2) is 25.0 Å². The summed E-state index contributed by atoms with van der Waals surface area (Å²) in [5.74, 6) is 0.973. The van der Waals surface area contributed by atoms with Crippen LogP contribution in [0.1, 0.15) is 24.3 Å². The molecule has 120 valence electrons. The van der Waals surface area contributed by atoms with E-state index >= 15 is 0 Å². The lowest BCUT2D eigenvalue weighted by Gasteiger charge is -2.22. The maximum atomic E-state index is 6.45. The lowest BCUT2D eigenvalue weighted by molar-refractivity contribution is 0.180. The summed E-state index contributed by atoms with van der Waals surface area (Å²) in [6, 6.07) is 19.0. The average Bonchev–Trinajstić information content (AvgIpc) is 3.12. The third-order valence-electron chi connectivity index (χ3n) is 4.19. The SMILES string of the molecule is CCN(C)CC[C@H](Oc1cccc2ccccc12)c1cccs1. The molecule has 0 unspecified atom stereocenters. The Hall–Kier alpha value is -1.84. The molecule has 3 rings (SSSR count). The topological polar surface area (TPSA) is 12.5 Å². The second kappa shape index (κ2) is 7.62. The molecular weight excluding hydrogens is 302 g/mol. The molecule has 1 atom stereocenters. The smallest absolute Gasteiger partial charge is 0.134 e. The van der Waals surface area contributed by atoms with Crippen molar-refractivity contribution in [3.63, 3.8) is 0 Å². The highest BCUT2D eigenvalue weighted by Crippen LogP contribution is 2.32. The van der Waals surface area contributed by atoms with Crippen LogP contribution in [0.3, 0.4) is 0 Å². The fourth-order valence-electron chi connectivity index (χ4n) is 2.68. The number of hydrogen-bond acceptors (Lipinski definition) is 3. The standard InChI is InChI=1S/C20H23NOS/c1-3-21(2)14-13-19(20-12-7-15-23-20)22-18-11-6-9-16-8-4-5-10-17(16)18/h4-12,15,19H,3,13-14H2,1-2H3/t19-/m0/s1. The third kappa shape index (κ3) is 3.92. The van der Waals surface area contributed by atoms with Crippen molar-refractivity contribution in [1.29, 1.82) is 0 Å². The normalized spacial score (nSPS) is 12.7. The van der Waals surface area contributed by atoms with Crippen molar-refractivity contribution in [1.82, 2.24) is 4.90 Å². The number of rotatable bonds is 7. The molecule has 0 aliphatic carbocycles. The van der Waals surface area contributed by atoms with Crippen LogP contribution < -0.4 is 4.74 Å². The fraction of sp³-hybridized carbons (Fsp3) is 0.300. The number of thiophene rings is 1. The molecule has 0 fully saturated rings. The quantitative estimate of drug-likeness (QED) is 0.579. The molecule has 0 amide bonds. The van der Waals surface area contributed by atoms with Crippen molar-refractivity contribution in [3.05, 3.63) is 64.9 Å². The summed E-state index contributed by atoms with van der Waals surface area (Å²) in [4.78, 5) is 3.62. The molecule has 23 heavy (non-hydrogen) atoms. The molecule has 3 aromatic rings. The number of hydrogen-bond donors (Lipinski definition) is 0. The molecule has 2 aromatic carbocycles. The minimum Gasteiger partial charge on any atom is -0.484 e. The Labute approximate surface area is 142 Å². The van der Waals surface area contributed by atoms with E-state index in [-0.39, 0.29) is 6.10 Å². The largest absolute Gasteiger partial charge is 0.484 e. The van der Waals surface area contributed by atoms with Crippen molar-refractivity contribution in [2.45, 2.75) is 19.4 Å². The second-order valence-corrected chi connectivity index (χ2v) is 6.76. The summed E-state index contributed by atoms with van der Waals surface area (Å²) in [5.41, 5.74) is 0. The summed E-state index contributed by atoms with van der Waals surface area (Å²) < 4.78 is 6.45. The predicted octanol–water partition coefficient (Wildman–Crippen LogP) is 5.36. The zero-order chi connectivity index (χ0) is 16.1. The summed E-state index contributed by atoms with van der Waals surface area (Å²) in [5, 5.41) is 4.53. The Balaban J connectivity index is 1.85. The van der Waals surface area contributed by atoms with Crippen LogP contribution in [0.25, 0.3) is 10.8 Å². The van der Waals surface area contributed by atoms with Gasteiger partial charge in [-0.2, -0.15) is 0 Å². The van der Waals surface area contributed by atoms with Gasteiger partial charge in [-0.25, -0.2) is 0 Å². The second-order valence-electron chi connectivity index (χ2n) is 5.78. The van der Waals surface area contributed by atoms with E-state index in [2.05, 4.69) is 78.8 Å². The number of ether oxygens (including phenoxy) is 1. The minimum atomic E-state index is 0.106. The van der Waals surface area contributed by atoms with E-state index < -0.39 is 0 Å². The Kier molecular flexibility index (Phi) is 5.31. The maximum absolute atomic E-state index is 6.45. The molecular formula is C20H23NOS. The zero-order valence-corrected chi connectivity index (χ0v) is 14.6. The molecule has 1 aromatic heterocycles. The van der Waals surface area contributed by atoms with Crippen molar-refractivity contribution in [3.8, 4) is 5.75 Å². The molecule has 0 radical (unpaired) electrons. The van der Waals surface area contributed by atoms with Crippen LogP contribution in [0.15, 0.2) is 60.0 Å². The first-order valence-corrected chi connectivity index (χ1v) is 9.02. The minimum absolute atomic E-state index is 0.106. The van der Waals surface area contributed by atoms with Gasteiger partial charge >= 0.3 is 0 Å². The van der Waals surface area contributed by atoms with Gasteiger partial charge in [-0.15, -0.1) is 11.3 Å². The van der Waals surface area contributed by atoms with Crippen LogP contribution in [0.2, 0.25) is 0 Å². The number of fused-ring (bicyclic) bond motifs is 1. The fourth-order valence-corrected chi connectivity index (χ4v) is 3.47. The molecule has 2 nitrogen and oxygen atoms in total. The van der Waals surface area contributed by atoms with Gasteiger partial charge in [0.15, 0.2) is 0 Å². The van der Waals surface area contributed by atoms with Gasteiger partial charge in [-0.3, -0.25) is 0 Å². The number of benzene rings is 2. The van der Waals surface area contributed by atoms with Gasteiger partial charge < -0.3 is 9.64 Å². The first-order valence-electron chi connectivity index (χ1n) is 8.14. The van der Waals surface area contributed by atoms with E-state index in [0.717, 1.165) is 25.3 Å². The van der Waals surface area contributed by atoms with Crippen molar-refractivity contribution < 1.29 is 4.74 Å². The maximum Gasteiger partial charge on any atom is 0.134 e. The van der Waals surface area contributed by atoms with E-state index in [1.54, 1.807) is 11.3 Å². The van der Waals surface area contributed by atoms with E-state index in [1.165, 1.54) is 15.6 Å². The molecule has 0 N–H and O–H groups in total. The molecule has 1 heterocycles. The molecule has 0 saturated heterocycles. The average molecular weight is 325 g/mol. The Morgan fingerprint density at radius 3 is 2.65 bits per heavy atom. The molecule has 0 saturated carbocycles. The zero-order valence-electron chi connectivity index (χ0n) is 13.7. The highest BCUT2D eigenvalue weighted by atomic mass is 32.1. The van der Waals surface area contributed by atoms with E-state index in [4.69, 9.17) is 4.74 Å². The third-order valence-corrected chi connectivity index (χ3v) is 5.16. The first kappa shape index (κ1) is 16.0. The highest BCUT2D eigenvalue weighted by Gasteiger charge is 2.16. The molecule has 0 aliphatic heterocycles. The number of nitrogens with zero attached hydrogens (tertiary/aromatic N) is 1. The van der Waals surface area contributed by atoms with E-state index in [1.807, 2.05) is 0 Å². The van der Waals surface area contributed by atoms with Gasteiger partial charge in [0, 0.05) is 23.2 Å². The van der Waals surface area contributed by atoms with Crippen LogP contribution in [0, 0.1) is 0 Å².